The Balaban J connectivity index is 1.77. The number of carbonyl (C=O) groups is 1. The zero-order valence-corrected chi connectivity index (χ0v) is 19.2. The number of carbonyl (C=O) groups excluding carboxylic acids is 1. The largest absolute Gasteiger partial charge is 0.496 e. The van der Waals surface area contributed by atoms with Gasteiger partial charge in [-0.05, 0) is 24.1 Å². The minimum absolute atomic E-state index is 0.0593. The van der Waals surface area contributed by atoms with Crippen molar-refractivity contribution in [3.63, 3.8) is 0 Å². The first-order valence-electron chi connectivity index (χ1n) is 10.3. The standard InChI is InChI=1S/C25H26ClFN2O4/c1-31-23-12-17(33-15-19-20(26)9-6-10-21(19)27)13-24(32-2)18(23)14-29-22(25(28)30)11-16-7-4-3-5-8-16/h3-10,12-13,22,29H,11,14-15H2,1-2H3,(H2,28,30). The number of halogens is 2. The van der Waals surface area contributed by atoms with E-state index in [1.54, 1.807) is 18.2 Å². The molecule has 0 aliphatic carbocycles. The fourth-order valence-electron chi connectivity index (χ4n) is 3.39. The molecule has 1 amide bonds. The number of rotatable bonds is 11. The fraction of sp³-hybridized carbons (Fsp3) is 0.240. The maximum absolute atomic E-state index is 14.0. The van der Waals surface area contributed by atoms with Crippen LogP contribution in [-0.4, -0.2) is 26.2 Å². The number of methoxy groups -OCH3 is 2. The summed E-state index contributed by atoms with van der Waals surface area (Å²) < 4.78 is 30.8. The Bertz CT molecular complexity index is 1050. The first kappa shape index (κ1) is 24.4. The van der Waals surface area contributed by atoms with Gasteiger partial charge in [0.2, 0.25) is 5.91 Å². The molecule has 6 nitrogen and oxygen atoms in total. The monoisotopic (exact) mass is 472 g/mol. The molecule has 0 saturated carbocycles. The number of ether oxygens (including phenoxy) is 3. The van der Waals surface area contributed by atoms with Gasteiger partial charge in [-0.3, -0.25) is 4.79 Å². The van der Waals surface area contributed by atoms with E-state index in [2.05, 4.69) is 5.32 Å². The van der Waals surface area contributed by atoms with Crippen molar-refractivity contribution in [2.24, 2.45) is 5.73 Å². The maximum Gasteiger partial charge on any atom is 0.234 e. The molecule has 3 aromatic carbocycles. The second-order valence-corrected chi connectivity index (χ2v) is 7.73. The number of nitrogens with two attached hydrogens (primary N) is 1. The summed E-state index contributed by atoms with van der Waals surface area (Å²) in [6.45, 7) is 0.211. The quantitative estimate of drug-likeness (QED) is 0.435. The van der Waals surface area contributed by atoms with Crippen LogP contribution in [0.15, 0.2) is 60.7 Å². The zero-order chi connectivity index (χ0) is 23.8. The predicted octanol–water partition coefficient (Wildman–Crippen LogP) is 4.26. The third-order valence-electron chi connectivity index (χ3n) is 5.18. The Morgan fingerprint density at radius 2 is 1.70 bits per heavy atom. The molecule has 0 aliphatic rings. The smallest absolute Gasteiger partial charge is 0.234 e. The van der Waals surface area contributed by atoms with Gasteiger partial charge in [-0.25, -0.2) is 4.39 Å². The van der Waals surface area contributed by atoms with Gasteiger partial charge in [-0.15, -0.1) is 0 Å². The molecule has 0 heterocycles. The molecule has 33 heavy (non-hydrogen) atoms. The lowest BCUT2D eigenvalue weighted by Gasteiger charge is -2.20. The van der Waals surface area contributed by atoms with E-state index in [0.29, 0.717) is 29.2 Å². The first-order chi connectivity index (χ1) is 15.9. The van der Waals surface area contributed by atoms with Gasteiger partial charge < -0.3 is 25.3 Å². The van der Waals surface area contributed by atoms with Crippen LogP contribution in [0.1, 0.15) is 16.7 Å². The Hall–Kier alpha value is -3.29. The fourth-order valence-corrected chi connectivity index (χ4v) is 3.61. The van der Waals surface area contributed by atoms with E-state index in [4.69, 9.17) is 31.5 Å². The Labute approximate surface area is 197 Å². The molecule has 1 atom stereocenters. The van der Waals surface area contributed by atoms with Crippen LogP contribution < -0.4 is 25.3 Å². The van der Waals surface area contributed by atoms with Gasteiger partial charge in [0, 0.05) is 24.2 Å². The average Bonchev–Trinajstić information content (AvgIpc) is 2.81. The molecule has 0 fully saturated rings. The highest BCUT2D eigenvalue weighted by Crippen LogP contribution is 2.35. The molecule has 3 rings (SSSR count). The summed E-state index contributed by atoms with van der Waals surface area (Å²) in [5.41, 5.74) is 7.54. The van der Waals surface area contributed by atoms with Crippen molar-refractivity contribution in [1.29, 1.82) is 0 Å². The molecule has 0 aliphatic heterocycles. The summed E-state index contributed by atoms with van der Waals surface area (Å²) in [6, 6.07) is 16.8. The van der Waals surface area contributed by atoms with Gasteiger partial charge in [0.1, 0.15) is 29.7 Å². The molecule has 1 unspecified atom stereocenters. The summed E-state index contributed by atoms with van der Waals surface area (Å²) in [7, 11) is 3.04. The number of primary amides is 1. The van der Waals surface area contributed by atoms with Gasteiger partial charge in [-0.2, -0.15) is 0 Å². The number of amides is 1. The second-order valence-electron chi connectivity index (χ2n) is 7.32. The summed E-state index contributed by atoms with van der Waals surface area (Å²) in [5.74, 6) is 0.484. The molecular weight excluding hydrogens is 447 g/mol. The second kappa shape index (κ2) is 11.5. The first-order valence-corrected chi connectivity index (χ1v) is 10.7. The highest BCUT2D eigenvalue weighted by atomic mass is 35.5. The van der Waals surface area contributed by atoms with Gasteiger partial charge in [-0.1, -0.05) is 48.0 Å². The van der Waals surface area contributed by atoms with Crippen LogP contribution in [0, 0.1) is 5.82 Å². The van der Waals surface area contributed by atoms with Crippen LogP contribution in [0.2, 0.25) is 5.02 Å². The minimum Gasteiger partial charge on any atom is -0.496 e. The molecule has 8 heteroatoms. The van der Waals surface area contributed by atoms with Crippen molar-refractivity contribution in [3.05, 3.63) is 88.2 Å². The highest BCUT2D eigenvalue weighted by Gasteiger charge is 2.19. The van der Waals surface area contributed by atoms with E-state index >= 15 is 0 Å². The van der Waals surface area contributed by atoms with Gasteiger partial charge in [0.25, 0.3) is 0 Å². The number of hydrogen-bond donors (Lipinski definition) is 2. The maximum atomic E-state index is 14.0. The molecular formula is C25H26ClFN2O4. The van der Waals surface area contributed by atoms with Gasteiger partial charge >= 0.3 is 0 Å². The highest BCUT2D eigenvalue weighted by molar-refractivity contribution is 6.31. The van der Waals surface area contributed by atoms with E-state index in [1.165, 1.54) is 26.4 Å². The normalized spacial score (nSPS) is 11.6. The summed E-state index contributed by atoms with van der Waals surface area (Å²) in [4.78, 5) is 12.0. The van der Waals surface area contributed by atoms with Crippen molar-refractivity contribution in [2.75, 3.05) is 14.2 Å². The van der Waals surface area contributed by atoms with Crippen molar-refractivity contribution in [3.8, 4) is 17.2 Å². The van der Waals surface area contributed by atoms with Gasteiger partial charge in [0.05, 0.1) is 30.8 Å². The molecule has 3 aromatic rings. The van der Waals surface area contributed by atoms with E-state index < -0.39 is 17.8 Å². The third kappa shape index (κ3) is 6.37. The molecule has 0 bridgehead atoms. The van der Waals surface area contributed by atoms with Crippen LogP contribution in [-0.2, 0) is 24.4 Å². The van der Waals surface area contributed by atoms with Crippen LogP contribution in [0.25, 0.3) is 0 Å². The summed E-state index contributed by atoms with van der Waals surface area (Å²) in [5, 5.41) is 3.47. The van der Waals surface area contributed by atoms with Crippen molar-refractivity contribution < 1.29 is 23.4 Å². The summed E-state index contributed by atoms with van der Waals surface area (Å²) >= 11 is 6.08. The van der Waals surface area contributed by atoms with Gasteiger partial charge in [0.15, 0.2) is 0 Å². The third-order valence-corrected chi connectivity index (χ3v) is 5.53. The SMILES string of the molecule is COc1cc(OCc2c(F)cccc2Cl)cc(OC)c1CNC(Cc1ccccc1)C(N)=O. The van der Waals surface area contributed by atoms with E-state index in [9.17, 15) is 9.18 Å². The molecule has 0 radical (unpaired) electrons. The molecule has 0 spiro atoms. The van der Waals surface area contributed by atoms with E-state index in [-0.39, 0.29) is 23.7 Å². The molecule has 0 saturated heterocycles. The Kier molecular flexibility index (Phi) is 8.52. The average molecular weight is 473 g/mol. The van der Waals surface area contributed by atoms with E-state index in [0.717, 1.165) is 5.56 Å². The summed E-state index contributed by atoms with van der Waals surface area (Å²) in [6.07, 6.45) is 0.450. The Morgan fingerprint density at radius 1 is 1.03 bits per heavy atom. The molecule has 0 aromatic heterocycles. The van der Waals surface area contributed by atoms with Crippen molar-refractivity contribution in [2.45, 2.75) is 25.6 Å². The lowest BCUT2D eigenvalue weighted by molar-refractivity contribution is -0.120. The van der Waals surface area contributed by atoms with Crippen molar-refractivity contribution >= 4 is 17.5 Å². The Morgan fingerprint density at radius 3 is 2.27 bits per heavy atom. The zero-order valence-electron chi connectivity index (χ0n) is 18.4. The van der Waals surface area contributed by atoms with Crippen molar-refractivity contribution in [1.82, 2.24) is 5.32 Å². The van der Waals surface area contributed by atoms with Crippen LogP contribution in [0.5, 0.6) is 17.2 Å². The molecule has 3 N–H and O–H groups in total. The lowest BCUT2D eigenvalue weighted by Crippen LogP contribution is -2.42. The van der Waals surface area contributed by atoms with Crippen LogP contribution in [0.3, 0.4) is 0 Å². The predicted molar refractivity (Wildman–Crippen MR) is 125 cm³/mol. The molecule has 174 valence electrons. The van der Waals surface area contributed by atoms with E-state index in [1.807, 2.05) is 30.3 Å². The lowest BCUT2D eigenvalue weighted by atomic mass is 10.0. The minimum atomic E-state index is -0.582. The topological polar surface area (TPSA) is 82.8 Å². The number of nitrogens with one attached hydrogen (secondary N) is 1. The van der Waals surface area contributed by atoms with Crippen LogP contribution in [0.4, 0.5) is 4.39 Å². The van der Waals surface area contributed by atoms with Crippen LogP contribution >= 0.6 is 11.6 Å². The number of benzene rings is 3. The number of hydrogen-bond acceptors (Lipinski definition) is 5.